The maximum Gasteiger partial charge on any atom is 0.244 e. The number of nitrogens with zero attached hydrogens (tertiary/aromatic N) is 3. The van der Waals surface area contributed by atoms with Gasteiger partial charge in [-0.05, 0) is 37.4 Å². The third-order valence-electron chi connectivity index (χ3n) is 3.65. The molecule has 2 heterocycles. The van der Waals surface area contributed by atoms with E-state index in [0.717, 1.165) is 18.5 Å². The second-order valence-corrected chi connectivity index (χ2v) is 5.29. The molecule has 1 fully saturated rings. The molecule has 1 aliphatic rings. The SMILES string of the molecule is C[C@H]1CC[C@H](c2nc(-c3cccc(C#N)c3)no2)NC1. The Morgan fingerprint density at radius 2 is 2.30 bits per heavy atom. The number of hydrogen-bond donors (Lipinski definition) is 1. The van der Waals surface area contributed by atoms with E-state index in [9.17, 15) is 0 Å². The summed E-state index contributed by atoms with van der Waals surface area (Å²) in [5.74, 6) is 1.87. The summed E-state index contributed by atoms with van der Waals surface area (Å²) >= 11 is 0. The van der Waals surface area contributed by atoms with Crippen molar-refractivity contribution in [2.24, 2.45) is 5.92 Å². The Hall–Kier alpha value is -2.19. The number of nitriles is 1. The molecule has 0 unspecified atom stereocenters. The zero-order valence-corrected chi connectivity index (χ0v) is 11.3. The lowest BCUT2D eigenvalue weighted by atomic mass is 9.96. The summed E-state index contributed by atoms with van der Waals surface area (Å²) in [5, 5.41) is 16.4. The number of aromatic nitrogens is 2. The maximum atomic E-state index is 8.92. The normalized spacial score (nSPS) is 22.4. The van der Waals surface area contributed by atoms with Gasteiger partial charge in [-0.25, -0.2) is 0 Å². The second-order valence-electron chi connectivity index (χ2n) is 5.29. The number of benzene rings is 1. The largest absolute Gasteiger partial charge is 0.337 e. The van der Waals surface area contributed by atoms with Crippen LogP contribution in [0, 0.1) is 17.2 Å². The molecule has 2 aromatic rings. The second kappa shape index (κ2) is 5.43. The molecule has 0 spiro atoms. The van der Waals surface area contributed by atoms with Crippen LogP contribution in [0.5, 0.6) is 0 Å². The van der Waals surface area contributed by atoms with Gasteiger partial charge in [0.15, 0.2) is 0 Å². The smallest absolute Gasteiger partial charge is 0.244 e. The topological polar surface area (TPSA) is 74.7 Å². The first-order chi connectivity index (χ1) is 9.76. The summed E-state index contributed by atoms with van der Waals surface area (Å²) < 4.78 is 5.36. The Morgan fingerprint density at radius 3 is 3.05 bits per heavy atom. The summed E-state index contributed by atoms with van der Waals surface area (Å²) in [6, 6.07) is 9.49. The Balaban J connectivity index is 1.81. The van der Waals surface area contributed by atoms with Gasteiger partial charge in [0.05, 0.1) is 17.7 Å². The monoisotopic (exact) mass is 268 g/mol. The Bertz CT molecular complexity index is 635. The summed E-state index contributed by atoms with van der Waals surface area (Å²) in [7, 11) is 0. The fourth-order valence-corrected chi connectivity index (χ4v) is 2.43. The van der Waals surface area contributed by atoms with Gasteiger partial charge in [0.2, 0.25) is 11.7 Å². The third-order valence-corrected chi connectivity index (χ3v) is 3.65. The lowest BCUT2D eigenvalue weighted by Crippen LogP contribution is -2.32. The van der Waals surface area contributed by atoms with Crippen molar-refractivity contribution in [3.05, 3.63) is 35.7 Å². The molecule has 20 heavy (non-hydrogen) atoms. The van der Waals surface area contributed by atoms with E-state index in [1.807, 2.05) is 12.1 Å². The Morgan fingerprint density at radius 1 is 1.40 bits per heavy atom. The van der Waals surface area contributed by atoms with Gasteiger partial charge >= 0.3 is 0 Å². The minimum absolute atomic E-state index is 0.145. The molecule has 0 amide bonds. The quantitative estimate of drug-likeness (QED) is 0.906. The van der Waals surface area contributed by atoms with E-state index < -0.39 is 0 Å². The molecule has 0 aliphatic carbocycles. The van der Waals surface area contributed by atoms with Crippen molar-refractivity contribution in [1.82, 2.24) is 15.5 Å². The van der Waals surface area contributed by atoms with Crippen LogP contribution in [0.2, 0.25) is 0 Å². The fourth-order valence-electron chi connectivity index (χ4n) is 2.43. The van der Waals surface area contributed by atoms with Gasteiger partial charge < -0.3 is 9.84 Å². The van der Waals surface area contributed by atoms with Gasteiger partial charge in [-0.1, -0.05) is 24.2 Å². The number of rotatable bonds is 2. The minimum atomic E-state index is 0.145. The number of piperidine rings is 1. The van der Waals surface area contributed by atoms with E-state index in [1.54, 1.807) is 12.1 Å². The highest BCUT2D eigenvalue weighted by atomic mass is 16.5. The van der Waals surface area contributed by atoms with Crippen LogP contribution in [0.1, 0.15) is 37.3 Å². The summed E-state index contributed by atoms with van der Waals surface area (Å²) in [6.07, 6.45) is 2.18. The van der Waals surface area contributed by atoms with Gasteiger partial charge in [0.25, 0.3) is 0 Å². The van der Waals surface area contributed by atoms with E-state index in [-0.39, 0.29) is 6.04 Å². The molecule has 1 N–H and O–H groups in total. The van der Waals surface area contributed by atoms with Gasteiger partial charge in [-0.2, -0.15) is 10.2 Å². The molecule has 1 aromatic heterocycles. The van der Waals surface area contributed by atoms with Crippen molar-refractivity contribution in [1.29, 1.82) is 5.26 Å². The van der Waals surface area contributed by atoms with Crippen LogP contribution in [0.25, 0.3) is 11.4 Å². The highest BCUT2D eigenvalue weighted by Crippen LogP contribution is 2.26. The highest BCUT2D eigenvalue weighted by Gasteiger charge is 2.24. The average Bonchev–Trinajstić information content (AvgIpc) is 2.98. The first-order valence-corrected chi connectivity index (χ1v) is 6.84. The average molecular weight is 268 g/mol. The predicted molar refractivity (Wildman–Crippen MR) is 73.6 cm³/mol. The first kappa shape index (κ1) is 12.8. The van der Waals surface area contributed by atoms with Crippen molar-refractivity contribution in [3.8, 4) is 17.5 Å². The van der Waals surface area contributed by atoms with Crippen LogP contribution in [-0.2, 0) is 0 Å². The predicted octanol–water partition coefficient (Wildman–Crippen LogP) is 2.67. The molecule has 1 aliphatic heterocycles. The molecule has 1 saturated heterocycles. The van der Waals surface area contributed by atoms with Crippen LogP contribution in [-0.4, -0.2) is 16.7 Å². The minimum Gasteiger partial charge on any atom is -0.337 e. The summed E-state index contributed by atoms with van der Waals surface area (Å²) in [6.45, 7) is 3.21. The molecule has 1 aromatic carbocycles. The molecule has 3 rings (SSSR count). The van der Waals surface area contributed by atoms with Gasteiger partial charge in [0, 0.05) is 5.56 Å². The summed E-state index contributed by atoms with van der Waals surface area (Å²) in [5.41, 5.74) is 1.40. The molecule has 0 saturated carbocycles. The van der Waals surface area contributed by atoms with Gasteiger partial charge in [-0.15, -0.1) is 0 Å². The standard InChI is InChI=1S/C15H16N4O/c1-10-5-6-13(17-9-10)15-18-14(19-20-15)12-4-2-3-11(7-12)8-16/h2-4,7,10,13,17H,5-6,9H2,1H3/t10-,13+/m0/s1. The molecule has 5 nitrogen and oxygen atoms in total. The van der Waals surface area contributed by atoms with E-state index in [0.29, 0.717) is 23.2 Å². The third kappa shape index (κ3) is 2.56. The van der Waals surface area contributed by atoms with Crippen LogP contribution in [0.4, 0.5) is 0 Å². The van der Waals surface area contributed by atoms with Gasteiger partial charge in [0.1, 0.15) is 0 Å². The zero-order chi connectivity index (χ0) is 13.9. The van der Waals surface area contributed by atoms with Crippen molar-refractivity contribution in [2.45, 2.75) is 25.8 Å². The van der Waals surface area contributed by atoms with Gasteiger partial charge in [-0.3, -0.25) is 0 Å². The molecule has 0 bridgehead atoms. The van der Waals surface area contributed by atoms with Crippen LogP contribution >= 0.6 is 0 Å². The lowest BCUT2D eigenvalue weighted by molar-refractivity contribution is 0.266. The van der Waals surface area contributed by atoms with Crippen LogP contribution < -0.4 is 5.32 Å². The first-order valence-electron chi connectivity index (χ1n) is 6.84. The van der Waals surface area contributed by atoms with Crippen molar-refractivity contribution < 1.29 is 4.52 Å². The van der Waals surface area contributed by atoms with Crippen molar-refractivity contribution in [3.63, 3.8) is 0 Å². The molecule has 0 radical (unpaired) electrons. The summed E-state index contributed by atoms with van der Waals surface area (Å²) in [4.78, 5) is 4.45. The lowest BCUT2D eigenvalue weighted by Gasteiger charge is -2.24. The van der Waals surface area contributed by atoms with Crippen molar-refractivity contribution >= 4 is 0 Å². The Labute approximate surface area is 117 Å². The highest BCUT2D eigenvalue weighted by molar-refractivity contribution is 5.57. The zero-order valence-electron chi connectivity index (χ0n) is 11.3. The van der Waals surface area contributed by atoms with E-state index in [2.05, 4.69) is 28.5 Å². The molecule has 5 heteroatoms. The van der Waals surface area contributed by atoms with Crippen LogP contribution in [0.3, 0.4) is 0 Å². The number of nitrogens with one attached hydrogen (secondary N) is 1. The maximum absolute atomic E-state index is 8.92. The van der Waals surface area contributed by atoms with Crippen LogP contribution in [0.15, 0.2) is 28.8 Å². The van der Waals surface area contributed by atoms with E-state index in [1.165, 1.54) is 6.42 Å². The molecular weight excluding hydrogens is 252 g/mol. The number of hydrogen-bond acceptors (Lipinski definition) is 5. The molecule has 2 atom stereocenters. The molecule has 102 valence electrons. The van der Waals surface area contributed by atoms with E-state index in [4.69, 9.17) is 9.78 Å². The Kier molecular flexibility index (Phi) is 3.48. The van der Waals surface area contributed by atoms with E-state index >= 15 is 0 Å². The molecular formula is C15H16N4O. The fraction of sp³-hybridized carbons (Fsp3) is 0.400. The van der Waals surface area contributed by atoms with Crippen molar-refractivity contribution in [2.75, 3.05) is 6.54 Å².